The van der Waals surface area contributed by atoms with Crippen LogP contribution in [0.1, 0.15) is 29.2 Å². The van der Waals surface area contributed by atoms with Gasteiger partial charge in [0.05, 0.1) is 6.61 Å². The molecule has 1 amide bonds. The van der Waals surface area contributed by atoms with E-state index in [0.717, 1.165) is 22.1 Å². The fourth-order valence-electron chi connectivity index (χ4n) is 3.85. The fraction of sp³-hybridized carbons (Fsp3) is 0.161. The van der Waals surface area contributed by atoms with Crippen LogP contribution in [-0.4, -0.2) is 12.5 Å². The average Bonchev–Trinajstić information content (AvgIpc) is 2.89. The van der Waals surface area contributed by atoms with Crippen LogP contribution in [0.25, 0.3) is 16.8 Å². The molecule has 0 fully saturated rings. The molecule has 4 aromatic carbocycles. The number of aryl methyl sites for hydroxylation is 2. The van der Waals surface area contributed by atoms with Crippen LogP contribution < -0.4 is 14.8 Å². The molecule has 4 aromatic rings. The van der Waals surface area contributed by atoms with Crippen LogP contribution in [0, 0.1) is 25.2 Å². The van der Waals surface area contributed by atoms with Crippen molar-refractivity contribution in [1.29, 1.82) is 5.26 Å². The van der Waals surface area contributed by atoms with Crippen molar-refractivity contribution in [2.24, 2.45) is 0 Å². The maximum absolute atomic E-state index is 12.8. The Morgan fingerprint density at radius 2 is 1.70 bits per heavy atom. The van der Waals surface area contributed by atoms with Crippen LogP contribution in [0.2, 0.25) is 0 Å². The largest absolute Gasteiger partial charge is 0.490 e. The van der Waals surface area contributed by atoms with Gasteiger partial charge in [-0.1, -0.05) is 58.4 Å². The number of anilines is 1. The Kier molecular flexibility index (Phi) is 8.27. The van der Waals surface area contributed by atoms with Crippen LogP contribution in [0.3, 0.4) is 0 Å². The molecular weight excluding hydrogens is 528 g/mol. The van der Waals surface area contributed by atoms with E-state index >= 15 is 0 Å². The zero-order valence-electron chi connectivity index (χ0n) is 21.0. The van der Waals surface area contributed by atoms with Gasteiger partial charge in [0.1, 0.15) is 18.2 Å². The molecule has 5 nitrogen and oxygen atoms in total. The van der Waals surface area contributed by atoms with E-state index in [1.165, 1.54) is 11.5 Å². The number of rotatable bonds is 8. The third-order valence-corrected chi connectivity index (χ3v) is 6.69. The van der Waals surface area contributed by atoms with Crippen LogP contribution in [0.15, 0.2) is 82.8 Å². The van der Waals surface area contributed by atoms with E-state index in [1.54, 1.807) is 12.1 Å². The summed E-state index contributed by atoms with van der Waals surface area (Å²) < 4.78 is 12.6. The summed E-state index contributed by atoms with van der Waals surface area (Å²) in [6, 6.07) is 25.6. The lowest BCUT2D eigenvalue weighted by Crippen LogP contribution is -2.13. The minimum absolute atomic E-state index is 0.0220. The normalized spacial score (nSPS) is 11.2. The van der Waals surface area contributed by atoms with Gasteiger partial charge in [-0.3, -0.25) is 4.79 Å². The number of fused-ring (bicyclic) bond motifs is 1. The monoisotopic (exact) mass is 554 g/mol. The van der Waals surface area contributed by atoms with Crippen LogP contribution in [0.4, 0.5) is 5.69 Å². The summed E-state index contributed by atoms with van der Waals surface area (Å²) >= 11 is 3.56. The highest BCUT2D eigenvalue weighted by atomic mass is 79.9. The van der Waals surface area contributed by atoms with Crippen molar-refractivity contribution in [3.63, 3.8) is 0 Å². The van der Waals surface area contributed by atoms with E-state index in [2.05, 4.69) is 45.5 Å². The first kappa shape index (κ1) is 26.0. The first-order valence-corrected chi connectivity index (χ1v) is 12.7. The molecule has 186 valence electrons. The van der Waals surface area contributed by atoms with Gasteiger partial charge in [-0.2, -0.15) is 5.26 Å². The molecule has 0 atom stereocenters. The highest BCUT2D eigenvalue weighted by molar-refractivity contribution is 9.10. The highest BCUT2D eigenvalue weighted by Crippen LogP contribution is 2.35. The summed E-state index contributed by atoms with van der Waals surface area (Å²) in [5, 5.41) is 14.8. The number of benzene rings is 4. The molecule has 0 saturated carbocycles. The van der Waals surface area contributed by atoms with Crippen molar-refractivity contribution < 1.29 is 14.3 Å². The van der Waals surface area contributed by atoms with Crippen LogP contribution in [-0.2, 0) is 11.4 Å². The number of amides is 1. The zero-order chi connectivity index (χ0) is 26.4. The van der Waals surface area contributed by atoms with Gasteiger partial charge in [0, 0.05) is 10.2 Å². The molecule has 0 aliphatic carbocycles. The number of halogens is 1. The van der Waals surface area contributed by atoms with Crippen molar-refractivity contribution in [3.8, 4) is 17.6 Å². The van der Waals surface area contributed by atoms with Gasteiger partial charge in [0.15, 0.2) is 11.5 Å². The number of hydrogen-bond acceptors (Lipinski definition) is 4. The van der Waals surface area contributed by atoms with E-state index in [1.807, 2.05) is 63.2 Å². The van der Waals surface area contributed by atoms with Gasteiger partial charge >= 0.3 is 0 Å². The van der Waals surface area contributed by atoms with Gasteiger partial charge in [-0.15, -0.1) is 0 Å². The predicted molar refractivity (Wildman–Crippen MR) is 152 cm³/mol. The number of ether oxygens (including phenoxy) is 2. The molecule has 0 bridgehead atoms. The topological polar surface area (TPSA) is 71.3 Å². The zero-order valence-corrected chi connectivity index (χ0v) is 22.6. The molecule has 1 N–H and O–H groups in total. The number of carbonyl (C=O) groups excluding carboxylic acids is 1. The number of nitrogens with one attached hydrogen (secondary N) is 1. The summed E-state index contributed by atoms with van der Waals surface area (Å²) in [5.74, 6) is 0.619. The van der Waals surface area contributed by atoms with Crippen LogP contribution >= 0.6 is 15.9 Å². The van der Waals surface area contributed by atoms with Gasteiger partial charge < -0.3 is 14.8 Å². The fourth-order valence-corrected chi connectivity index (χ4v) is 4.29. The molecule has 37 heavy (non-hydrogen) atoms. The van der Waals surface area contributed by atoms with E-state index in [-0.39, 0.29) is 5.57 Å². The molecule has 4 rings (SSSR count). The molecule has 0 aromatic heterocycles. The number of hydrogen-bond donors (Lipinski definition) is 1. The molecule has 0 heterocycles. The summed E-state index contributed by atoms with van der Waals surface area (Å²) in [4.78, 5) is 12.8. The smallest absolute Gasteiger partial charge is 0.266 e. The van der Waals surface area contributed by atoms with Crippen molar-refractivity contribution in [1.82, 2.24) is 0 Å². The minimum Gasteiger partial charge on any atom is -0.490 e. The van der Waals surface area contributed by atoms with Gasteiger partial charge in [-0.25, -0.2) is 0 Å². The lowest BCUT2D eigenvalue weighted by molar-refractivity contribution is -0.112. The highest BCUT2D eigenvalue weighted by Gasteiger charge is 2.15. The minimum atomic E-state index is -0.479. The molecule has 0 unspecified atom stereocenters. The maximum atomic E-state index is 12.8. The molecule has 0 saturated heterocycles. The quantitative estimate of drug-likeness (QED) is 0.178. The van der Waals surface area contributed by atoms with Crippen molar-refractivity contribution >= 4 is 44.4 Å². The standard InChI is InChI=1S/C31H27BrN2O3/c1-4-36-29-16-25(15-26(18-33)31(35)34-27-12-9-20(2)21(3)13-27)28(32)17-30(29)37-19-22-10-11-23-7-5-6-8-24(23)14-22/h5-17H,4,19H2,1-3H3,(H,34,35)/b26-15+. The second-order valence-corrected chi connectivity index (χ2v) is 9.50. The van der Waals surface area contributed by atoms with Crippen molar-refractivity contribution in [3.05, 3.63) is 105 Å². The van der Waals surface area contributed by atoms with E-state index < -0.39 is 5.91 Å². The molecule has 6 heteroatoms. The number of carbonyl (C=O) groups is 1. The van der Waals surface area contributed by atoms with Gasteiger partial charge in [0.25, 0.3) is 5.91 Å². The Bertz CT molecular complexity index is 1540. The summed E-state index contributed by atoms with van der Waals surface area (Å²) in [6.45, 7) is 6.68. The maximum Gasteiger partial charge on any atom is 0.266 e. The lowest BCUT2D eigenvalue weighted by atomic mass is 10.1. The Balaban J connectivity index is 1.56. The Morgan fingerprint density at radius 1 is 0.946 bits per heavy atom. The van der Waals surface area contributed by atoms with Gasteiger partial charge in [0.2, 0.25) is 0 Å². The summed E-state index contributed by atoms with van der Waals surface area (Å²) in [5.41, 5.74) is 4.48. The molecule has 0 aliphatic heterocycles. The van der Waals surface area contributed by atoms with E-state index in [4.69, 9.17) is 9.47 Å². The molecule has 0 spiro atoms. The molecule has 0 radical (unpaired) electrons. The number of nitriles is 1. The molecular formula is C31H27BrN2O3. The summed E-state index contributed by atoms with van der Waals surface area (Å²) in [7, 11) is 0. The van der Waals surface area contributed by atoms with Crippen molar-refractivity contribution in [2.75, 3.05) is 11.9 Å². The van der Waals surface area contributed by atoms with Crippen molar-refractivity contribution in [2.45, 2.75) is 27.4 Å². The lowest BCUT2D eigenvalue weighted by Gasteiger charge is -2.15. The van der Waals surface area contributed by atoms with Crippen LogP contribution in [0.5, 0.6) is 11.5 Å². The first-order valence-electron chi connectivity index (χ1n) is 11.9. The summed E-state index contributed by atoms with van der Waals surface area (Å²) in [6.07, 6.45) is 1.54. The Hall–Kier alpha value is -4.08. The Morgan fingerprint density at radius 3 is 2.43 bits per heavy atom. The third-order valence-electron chi connectivity index (χ3n) is 6.00. The van der Waals surface area contributed by atoms with E-state index in [0.29, 0.717) is 40.4 Å². The average molecular weight is 555 g/mol. The SMILES string of the molecule is CCOc1cc(/C=C(\C#N)C(=O)Nc2ccc(C)c(C)c2)c(Br)cc1OCc1ccc2ccccc2c1. The third kappa shape index (κ3) is 6.38. The predicted octanol–water partition coefficient (Wildman–Crippen LogP) is 7.74. The van der Waals surface area contributed by atoms with E-state index in [9.17, 15) is 10.1 Å². The Labute approximate surface area is 225 Å². The molecule has 0 aliphatic rings. The first-order chi connectivity index (χ1) is 17.9. The number of nitrogens with zero attached hydrogens (tertiary/aromatic N) is 1. The second kappa shape index (κ2) is 11.8. The second-order valence-electron chi connectivity index (χ2n) is 8.65. The van der Waals surface area contributed by atoms with Gasteiger partial charge in [-0.05, 0) is 90.2 Å².